The SMILES string of the molecule is C=CCOc1ccc(C2NC(=O)NC(C)=C2C(=O)OCc2ccccc2)cc1OC. The molecule has 2 N–H and O–H groups in total. The van der Waals surface area contributed by atoms with Crippen molar-refractivity contribution in [2.45, 2.75) is 19.6 Å². The van der Waals surface area contributed by atoms with Crippen molar-refractivity contribution in [3.05, 3.63) is 83.6 Å². The molecule has 2 aromatic carbocycles. The van der Waals surface area contributed by atoms with Crippen LogP contribution in [0.3, 0.4) is 0 Å². The van der Waals surface area contributed by atoms with Crippen molar-refractivity contribution in [1.29, 1.82) is 0 Å². The average molecular weight is 408 g/mol. The van der Waals surface area contributed by atoms with Crippen LogP contribution in [0.1, 0.15) is 24.1 Å². The van der Waals surface area contributed by atoms with Crippen LogP contribution < -0.4 is 20.1 Å². The molecule has 1 aliphatic heterocycles. The van der Waals surface area contributed by atoms with E-state index in [1.165, 1.54) is 7.11 Å². The van der Waals surface area contributed by atoms with Crippen LogP contribution in [-0.2, 0) is 16.1 Å². The molecule has 1 atom stereocenters. The second kappa shape index (κ2) is 9.65. The van der Waals surface area contributed by atoms with Gasteiger partial charge in [0.15, 0.2) is 11.5 Å². The van der Waals surface area contributed by atoms with Gasteiger partial charge < -0.3 is 24.8 Å². The van der Waals surface area contributed by atoms with Gasteiger partial charge in [-0.15, -0.1) is 0 Å². The van der Waals surface area contributed by atoms with Crippen molar-refractivity contribution < 1.29 is 23.8 Å². The number of urea groups is 1. The van der Waals surface area contributed by atoms with Gasteiger partial charge in [0.25, 0.3) is 0 Å². The fourth-order valence-corrected chi connectivity index (χ4v) is 3.15. The van der Waals surface area contributed by atoms with Crippen LogP contribution in [0.4, 0.5) is 4.79 Å². The van der Waals surface area contributed by atoms with E-state index in [2.05, 4.69) is 17.2 Å². The maximum Gasteiger partial charge on any atom is 0.338 e. The Morgan fingerprint density at radius 1 is 1.17 bits per heavy atom. The summed E-state index contributed by atoms with van der Waals surface area (Å²) in [7, 11) is 1.52. The minimum atomic E-state index is -0.690. The van der Waals surface area contributed by atoms with Crippen LogP contribution in [0, 0.1) is 0 Å². The molecule has 1 heterocycles. The van der Waals surface area contributed by atoms with E-state index in [9.17, 15) is 9.59 Å². The highest BCUT2D eigenvalue weighted by molar-refractivity contribution is 5.95. The van der Waals surface area contributed by atoms with Gasteiger partial charge >= 0.3 is 12.0 Å². The number of esters is 1. The van der Waals surface area contributed by atoms with Crippen LogP contribution in [0.25, 0.3) is 0 Å². The molecule has 0 aliphatic carbocycles. The number of carbonyl (C=O) groups excluding carboxylic acids is 2. The van der Waals surface area contributed by atoms with Crippen molar-refractivity contribution in [2.75, 3.05) is 13.7 Å². The molecule has 3 rings (SSSR count). The molecular weight excluding hydrogens is 384 g/mol. The van der Waals surface area contributed by atoms with Crippen LogP contribution in [0.2, 0.25) is 0 Å². The molecule has 30 heavy (non-hydrogen) atoms. The van der Waals surface area contributed by atoms with E-state index in [1.54, 1.807) is 31.2 Å². The smallest absolute Gasteiger partial charge is 0.338 e. The summed E-state index contributed by atoms with van der Waals surface area (Å²) in [6, 6.07) is 13.5. The monoisotopic (exact) mass is 408 g/mol. The summed E-state index contributed by atoms with van der Waals surface area (Å²) in [5.74, 6) is 0.506. The Morgan fingerprint density at radius 2 is 1.93 bits per heavy atom. The van der Waals surface area contributed by atoms with Crippen molar-refractivity contribution in [2.24, 2.45) is 0 Å². The highest BCUT2D eigenvalue weighted by atomic mass is 16.5. The van der Waals surface area contributed by atoms with E-state index < -0.39 is 18.0 Å². The van der Waals surface area contributed by atoms with Gasteiger partial charge in [-0.05, 0) is 30.2 Å². The second-order valence-corrected chi connectivity index (χ2v) is 6.64. The van der Waals surface area contributed by atoms with Gasteiger partial charge in [0.05, 0.1) is 18.7 Å². The van der Waals surface area contributed by atoms with Gasteiger partial charge in [-0.2, -0.15) is 0 Å². The van der Waals surface area contributed by atoms with E-state index in [0.29, 0.717) is 34.9 Å². The average Bonchev–Trinajstić information content (AvgIpc) is 2.76. The fourth-order valence-electron chi connectivity index (χ4n) is 3.15. The second-order valence-electron chi connectivity index (χ2n) is 6.64. The number of amides is 2. The number of ether oxygens (including phenoxy) is 3. The fraction of sp³-hybridized carbons (Fsp3) is 0.217. The third-order valence-electron chi connectivity index (χ3n) is 4.58. The predicted octanol–water partition coefficient (Wildman–Crippen LogP) is 3.63. The zero-order valence-corrected chi connectivity index (χ0v) is 16.9. The number of rotatable bonds is 8. The summed E-state index contributed by atoms with van der Waals surface area (Å²) in [6.45, 7) is 5.76. The van der Waals surface area contributed by atoms with Gasteiger partial charge in [0.2, 0.25) is 0 Å². The summed E-state index contributed by atoms with van der Waals surface area (Å²) in [5.41, 5.74) is 2.30. The molecule has 0 saturated heterocycles. The molecular formula is C23H24N2O5. The molecule has 0 spiro atoms. The lowest BCUT2D eigenvalue weighted by Crippen LogP contribution is -2.45. The zero-order chi connectivity index (χ0) is 21.5. The van der Waals surface area contributed by atoms with E-state index >= 15 is 0 Å². The number of hydrogen-bond acceptors (Lipinski definition) is 5. The molecule has 0 bridgehead atoms. The maximum atomic E-state index is 12.9. The van der Waals surface area contributed by atoms with Gasteiger partial charge in [-0.1, -0.05) is 49.1 Å². The molecule has 7 heteroatoms. The quantitative estimate of drug-likeness (QED) is 0.515. The zero-order valence-electron chi connectivity index (χ0n) is 16.9. The van der Waals surface area contributed by atoms with Crippen molar-refractivity contribution in [3.8, 4) is 11.5 Å². The first-order valence-electron chi connectivity index (χ1n) is 9.44. The molecule has 1 unspecified atom stereocenters. The van der Waals surface area contributed by atoms with E-state index in [1.807, 2.05) is 30.3 Å². The molecule has 2 aromatic rings. The molecule has 2 amide bonds. The summed E-state index contributed by atoms with van der Waals surface area (Å²) in [6.07, 6.45) is 1.63. The Kier molecular flexibility index (Phi) is 6.75. The number of benzene rings is 2. The molecule has 0 aromatic heterocycles. The molecule has 0 fully saturated rings. The lowest BCUT2D eigenvalue weighted by atomic mass is 9.95. The third kappa shape index (κ3) is 4.81. The molecule has 156 valence electrons. The van der Waals surface area contributed by atoms with Crippen LogP contribution in [-0.4, -0.2) is 25.7 Å². The molecule has 0 radical (unpaired) electrons. The van der Waals surface area contributed by atoms with Crippen molar-refractivity contribution >= 4 is 12.0 Å². The minimum absolute atomic E-state index is 0.134. The maximum absolute atomic E-state index is 12.9. The van der Waals surface area contributed by atoms with Crippen molar-refractivity contribution in [3.63, 3.8) is 0 Å². The summed E-state index contributed by atoms with van der Waals surface area (Å²) in [5, 5.41) is 5.42. The topological polar surface area (TPSA) is 85.9 Å². The van der Waals surface area contributed by atoms with Gasteiger partial charge in [-0.25, -0.2) is 9.59 Å². The first kappa shape index (κ1) is 21.0. The number of carbonyl (C=O) groups is 2. The third-order valence-corrected chi connectivity index (χ3v) is 4.58. The lowest BCUT2D eigenvalue weighted by Gasteiger charge is -2.28. The van der Waals surface area contributed by atoms with E-state index in [-0.39, 0.29) is 6.61 Å². The van der Waals surface area contributed by atoms with Crippen molar-refractivity contribution in [1.82, 2.24) is 10.6 Å². The molecule has 7 nitrogen and oxygen atoms in total. The predicted molar refractivity (Wildman–Crippen MR) is 112 cm³/mol. The Labute approximate surface area is 175 Å². The first-order chi connectivity index (χ1) is 14.5. The van der Waals surface area contributed by atoms with Crippen LogP contribution >= 0.6 is 0 Å². The molecule has 0 saturated carbocycles. The Hall–Kier alpha value is -3.74. The lowest BCUT2D eigenvalue weighted by molar-refractivity contribution is -0.140. The van der Waals surface area contributed by atoms with Crippen LogP contribution in [0.15, 0.2) is 72.5 Å². The highest BCUT2D eigenvalue weighted by Gasteiger charge is 2.32. The standard InChI is InChI=1S/C23H24N2O5/c1-4-12-29-18-11-10-17(13-19(18)28-3)21-20(15(2)24-23(27)25-21)22(26)30-14-16-8-6-5-7-9-16/h4-11,13,21H,1,12,14H2,2-3H3,(H2,24,25,27). The molecule has 1 aliphatic rings. The summed E-state index contributed by atoms with van der Waals surface area (Å²) >= 11 is 0. The summed E-state index contributed by atoms with van der Waals surface area (Å²) in [4.78, 5) is 25.0. The highest BCUT2D eigenvalue weighted by Crippen LogP contribution is 2.34. The van der Waals surface area contributed by atoms with E-state index in [0.717, 1.165) is 5.56 Å². The number of methoxy groups -OCH3 is 1. The number of allylic oxidation sites excluding steroid dienone is 1. The minimum Gasteiger partial charge on any atom is -0.493 e. The van der Waals surface area contributed by atoms with Gasteiger partial charge in [0, 0.05) is 5.70 Å². The van der Waals surface area contributed by atoms with Crippen LogP contribution in [0.5, 0.6) is 11.5 Å². The van der Waals surface area contributed by atoms with Gasteiger partial charge in [0.1, 0.15) is 13.2 Å². The normalized spacial score (nSPS) is 15.7. The first-order valence-corrected chi connectivity index (χ1v) is 9.44. The Morgan fingerprint density at radius 3 is 2.63 bits per heavy atom. The number of nitrogens with one attached hydrogen (secondary N) is 2. The largest absolute Gasteiger partial charge is 0.493 e. The van der Waals surface area contributed by atoms with Gasteiger partial charge in [-0.3, -0.25) is 0 Å². The summed E-state index contributed by atoms with van der Waals surface area (Å²) < 4.78 is 16.5. The Bertz CT molecular complexity index is 969. The van der Waals surface area contributed by atoms with E-state index in [4.69, 9.17) is 14.2 Å². The Balaban J connectivity index is 1.87. The number of hydrogen-bond donors (Lipinski definition) is 2.